The normalized spacial score (nSPS) is 12.8. The van der Waals surface area contributed by atoms with Crippen molar-refractivity contribution in [2.24, 2.45) is 0 Å². The summed E-state index contributed by atoms with van der Waals surface area (Å²) in [7, 11) is 55.0. The summed E-state index contributed by atoms with van der Waals surface area (Å²) < 4.78 is 6.63. The smallest absolute Gasteiger partial charge is 0.135 e. The van der Waals surface area contributed by atoms with Gasteiger partial charge in [-0.1, -0.05) is 157 Å². The number of rotatable bonds is 5. The summed E-state index contributed by atoms with van der Waals surface area (Å²) in [5.41, 5.74) is 15.3. The highest BCUT2D eigenvalue weighted by Crippen LogP contribution is 2.50. The van der Waals surface area contributed by atoms with Crippen LogP contribution in [0, 0.1) is 0 Å². The Morgan fingerprint density at radius 2 is 0.812 bits per heavy atom. The van der Waals surface area contributed by atoms with E-state index in [-0.39, 0.29) is 49.1 Å². The topological polar surface area (TPSA) is 13.1 Å². The van der Waals surface area contributed by atoms with Gasteiger partial charge in [0.1, 0.15) is 74.1 Å². The first kappa shape index (κ1) is 40.3. The number of hydrogen-bond donors (Lipinski definition) is 0. The molecule has 1 nitrogen and oxygen atoms in total. The number of benzene rings is 9. The van der Waals surface area contributed by atoms with Crippen molar-refractivity contribution >= 4 is 139 Å². The van der Waals surface area contributed by atoms with Crippen LogP contribution in [-0.2, 0) is 5.41 Å². The molecule has 0 fully saturated rings. The zero-order valence-electron chi connectivity index (χ0n) is 35.4. The van der Waals surface area contributed by atoms with Gasteiger partial charge in [0, 0.05) is 16.4 Å². The second kappa shape index (κ2) is 14.8. The maximum atomic E-state index is 7.08. The largest absolute Gasteiger partial charge is 0.456 e. The van der Waals surface area contributed by atoms with Gasteiger partial charge in [0.2, 0.25) is 0 Å². The molecular weight excluding hydrogens is 763 g/mol. The van der Waals surface area contributed by atoms with E-state index in [2.05, 4.69) is 92.7 Å². The Balaban J connectivity index is 1.13. The average molecular weight is 793 g/mol. The zero-order chi connectivity index (χ0) is 44.3. The summed E-state index contributed by atoms with van der Waals surface area (Å²) >= 11 is 0. The van der Waals surface area contributed by atoms with Crippen LogP contribution in [0.3, 0.4) is 0 Å². The molecule has 16 radical (unpaired) electrons. The molecular formula is C55H30B8O. The van der Waals surface area contributed by atoms with Gasteiger partial charge in [0.05, 0.1) is 0 Å². The van der Waals surface area contributed by atoms with E-state index in [4.69, 9.17) is 67.2 Å². The van der Waals surface area contributed by atoms with Gasteiger partial charge in [-0.15, -0.1) is 21.9 Å². The van der Waals surface area contributed by atoms with Gasteiger partial charge in [-0.2, -0.15) is 0 Å². The number of hydrogen-bond acceptors (Lipinski definition) is 1. The monoisotopic (exact) mass is 794 g/mol. The fourth-order valence-electron chi connectivity index (χ4n) is 10.1. The Kier molecular flexibility index (Phi) is 9.34. The Hall–Kier alpha value is -6.44. The molecule has 0 saturated carbocycles. The zero-order valence-corrected chi connectivity index (χ0v) is 35.4. The molecule has 0 saturated heterocycles. The van der Waals surface area contributed by atoms with Crippen LogP contribution in [0.15, 0.2) is 150 Å². The lowest BCUT2D eigenvalue weighted by atomic mass is 9.59. The molecule has 0 unspecified atom stereocenters. The van der Waals surface area contributed by atoms with Crippen LogP contribution >= 0.6 is 0 Å². The second-order valence-electron chi connectivity index (χ2n) is 17.3. The molecule has 1 heterocycles. The van der Waals surface area contributed by atoms with Crippen LogP contribution in [0.5, 0.6) is 0 Å². The van der Waals surface area contributed by atoms with Gasteiger partial charge >= 0.3 is 0 Å². The van der Waals surface area contributed by atoms with Gasteiger partial charge in [-0.25, -0.2) is 0 Å². The Labute approximate surface area is 384 Å². The van der Waals surface area contributed by atoms with Crippen molar-refractivity contribution in [3.05, 3.63) is 157 Å². The molecule has 0 spiro atoms. The summed E-state index contributed by atoms with van der Waals surface area (Å²) in [4.78, 5) is 0. The minimum absolute atomic E-state index is 0.145. The van der Waals surface area contributed by atoms with Gasteiger partial charge in [-0.3, -0.25) is 0 Å². The van der Waals surface area contributed by atoms with Crippen LogP contribution in [-0.4, -0.2) is 62.8 Å². The van der Waals surface area contributed by atoms with E-state index in [9.17, 15) is 0 Å². The van der Waals surface area contributed by atoms with E-state index in [0.717, 1.165) is 55.7 Å². The fourth-order valence-corrected chi connectivity index (χ4v) is 10.1. The molecule has 280 valence electrons. The van der Waals surface area contributed by atoms with Crippen molar-refractivity contribution in [2.75, 3.05) is 0 Å². The molecule has 0 atom stereocenters. The minimum atomic E-state index is -0.145. The highest BCUT2D eigenvalue weighted by atomic mass is 16.3. The third-order valence-electron chi connectivity index (χ3n) is 13.5. The first-order valence-corrected chi connectivity index (χ1v) is 21.2. The first-order chi connectivity index (χ1) is 30.8. The van der Waals surface area contributed by atoms with Gasteiger partial charge in [0.15, 0.2) is 0 Å². The molecule has 0 N–H and O–H groups in total. The Bertz CT molecular complexity index is 3530. The van der Waals surface area contributed by atoms with E-state index in [1.807, 2.05) is 66.7 Å². The molecule has 10 aromatic rings. The molecule has 64 heavy (non-hydrogen) atoms. The van der Waals surface area contributed by atoms with E-state index >= 15 is 0 Å². The molecule has 0 amide bonds. The van der Waals surface area contributed by atoms with Gasteiger partial charge in [0.25, 0.3) is 0 Å². The van der Waals surface area contributed by atoms with Crippen molar-refractivity contribution < 1.29 is 4.42 Å². The van der Waals surface area contributed by atoms with E-state index in [1.54, 1.807) is 0 Å². The van der Waals surface area contributed by atoms with Crippen molar-refractivity contribution in [2.45, 2.75) is 19.3 Å². The summed E-state index contributed by atoms with van der Waals surface area (Å²) in [5, 5.41) is 3.24. The van der Waals surface area contributed by atoms with E-state index < -0.39 is 0 Å². The van der Waals surface area contributed by atoms with Gasteiger partial charge < -0.3 is 4.42 Å². The van der Waals surface area contributed by atoms with Crippen LogP contribution < -0.4 is 43.7 Å². The third kappa shape index (κ3) is 5.89. The third-order valence-corrected chi connectivity index (χ3v) is 13.5. The highest BCUT2D eigenvalue weighted by molar-refractivity contribution is 6.71. The lowest BCUT2D eigenvalue weighted by Crippen LogP contribution is -2.50. The number of furan rings is 1. The predicted molar refractivity (Wildman–Crippen MR) is 279 cm³/mol. The molecule has 9 aromatic carbocycles. The predicted octanol–water partition coefficient (Wildman–Crippen LogP) is 5.73. The fraction of sp³-hybridized carbons (Fsp3) is 0.0545. The lowest BCUT2D eigenvalue weighted by molar-refractivity contribution is 0.630. The average Bonchev–Trinajstić information content (AvgIpc) is 3.87. The van der Waals surface area contributed by atoms with Crippen molar-refractivity contribution in [1.82, 2.24) is 0 Å². The van der Waals surface area contributed by atoms with Crippen LogP contribution in [0.4, 0.5) is 0 Å². The maximum absolute atomic E-state index is 7.08. The highest BCUT2D eigenvalue weighted by Gasteiger charge is 2.35. The van der Waals surface area contributed by atoms with E-state index in [0.29, 0.717) is 32.7 Å². The quantitative estimate of drug-likeness (QED) is 0.161. The molecule has 1 aromatic heterocycles. The Morgan fingerprint density at radius 1 is 0.344 bits per heavy atom. The molecule has 0 aliphatic heterocycles. The minimum Gasteiger partial charge on any atom is -0.456 e. The summed E-state index contributed by atoms with van der Waals surface area (Å²) in [6.07, 6.45) is 0. The SMILES string of the molecule is [B]c1c([B])c([B])c2c(-c3cccc(-c4cccc5oc(-c6ccc7c(c6)C(C)(C)c6ccccc6-7)cc45)c3)c3c([B])c([B])c([B])c([B])c3c(-c3ccc(-c4ccccc4)cc3)c2c1[B]. The van der Waals surface area contributed by atoms with Crippen LogP contribution in [0.2, 0.25) is 0 Å². The van der Waals surface area contributed by atoms with Crippen molar-refractivity contribution in [3.63, 3.8) is 0 Å². The summed E-state index contributed by atoms with van der Waals surface area (Å²) in [6, 6.07) is 49.9. The van der Waals surface area contributed by atoms with Gasteiger partial charge in [-0.05, 0) is 113 Å². The van der Waals surface area contributed by atoms with Crippen molar-refractivity contribution in [3.8, 4) is 67.0 Å². The molecule has 0 bridgehead atoms. The molecule has 9 heteroatoms. The number of fused-ring (bicyclic) bond motifs is 6. The molecule has 1 aliphatic carbocycles. The molecule has 1 aliphatic rings. The van der Waals surface area contributed by atoms with Crippen LogP contribution in [0.1, 0.15) is 25.0 Å². The Morgan fingerprint density at radius 3 is 1.45 bits per heavy atom. The standard InChI is InChI=1S/C55H30B8O/c1-55(2)37-16-7-6-14-34(37)35-23-22-31(25-38(35)55)40-26-36-33(15-9-17-39(36)64-40)30-12-8-13-32(24-30)42-45-43(47(56)51(60)53(62)49(45)58)41(44-46(42)50(59)54(63)52(61)48(44)57)29-20-18-28(19-21-29)27-10-4-3-5-11-27/h3-26H,1-2H3. The summed E-state index contributed by atoms with van der Waals surface area (Å²) in [6.45, 7) is 4.57. The van der Waals surface area contributed by atoms with Crippen molar-refractivity contribution in [1.29, 1.82) is 0 Å². The summed E-state index contributed by atoms with van der Waals surface area (Å²) in [5.74, 6) is 0.783. The maximum Gasteiger partial charge on any atom is 0.135 e. The lowest BCUT2D eigenvalue weighted by Gasteiger charge is -2.28. The second-order valence-corrected chi connectivity index (χ2v) is 17.3. The van der Waals surface area contributed by atoms with Crippen LogP contribution in [0.25, 0.3) is 99.5 Å². The molecule has 11 rings (SSSR count). The van der Waals surface area contributed by atoms with E-state index in [1.165, 1.54) is 22.3 Å². The first-order valence-electron chi connectivity index (χ1n) is 21.2.